The number of phenolic OH excluding ortho intramolecular Hbond substituents is 3. The molecule has 2 rings (SSSR count). The van der Waals surface area contributed by atoms with Crippen LogP contribution in [-0.4, -0.2) is 45.9 Å². The van der Waals surface area contributed by atoms with Crippen molar-refractivity contribution in [2.75, 3.05) is 13.7 Å². The molecule has 0 atom stereocenters. The summed E-state index contributed by atoms with van der Waals surface area (Å²) >= 11 is 0. The number of aromatic hydroxyl groups is 3. The summed E-state index contributed by atoms with van der Waals surface area (Å²) in [5, 5.41) is 39.2. The summed E-state index contributed by atoms with van der Waals surface area (Å²) in [5.41, 5.74) is 1.04. The van der Waals surface area contributed by atoms with Gasteiger partial charge in [-0.3, -0.25) is 9.59 Å². The van der Waals surface area contributed by atoms with E-state index in [1.54, 1.807) is 13.0 Å². The summed E-state index contributed by atoms with van der Waals surface area (Å²) < 4.78 is 9.94. The number of aliphatic hydroxyl groups is 1. The van der Waals surface area contributed by atoms with Crippen LogP contribution in [-0.2, 0) is 14.3 Å². The number of hydrogen-bond acceptors (Lipinski definition) is 8. The van der Waals surface area contributed by atoms with Crippen LogP contribution in [0.5, 0.6) is 23.0 Å². The monoisotopic (exact) mass is 454 g/mol. The Morgan fingerprint density at radius 1 is 0.879 bits per heavy atom. The molecule has 0 radical (unpaired) electrons. The highest BCUT2D eigenvalue weighted by Gasteiger charge is 2.15. The summed E-state index contributed by atoms with van der Waals surface area (Å²) in [6, 6.07) is 8.64. The number of esters is 1. The third-order valence-electron chi connectivity index (χ3n) is 4.56. The molecule has 0 fully saturated rings. The van der Waals surface area contributed by atoms with Crippen LogP contribution in [0.15, 0.2) is 59.9 Å². The van der Waals surface area contributed by atoms with Gasteiger partial charge in [-0.05, 0) is 60.9 Å². The quantitative estimate of drug-likeness (QED) is 0.138. The zero-order valence-corrected chi connectivity index (χ0v) is 18.3. The second-order valence-electron chi connectivity index (χ2n) is 6.88. The molecule has 0 saturated heterocycles. The van der Waals surface area contributed by atoms with Gasteiger partial charge in [-0.1, -0.05) is 24.3 Å². The molecule has 8 nitrogen and oxygen atoms in total. The Labute approximate surface area is 191 Å². The first-order valence-corrected chi connectivity index (χ1v) is 10.1. The molecule has 0 aliphatic heterocycles. The Morgan fingerprint density at radius 2 is 1.52 bits per heavy atom. The second kappa shape index (κ2) is 12.0. The van der Waals surface area contributed by atoms with Gasteiger partial charge in [-0.25, -0.2) is 0 Å². The number of carbonyl (C=O) groups is 2. The van der Waals surface area contributed by atoms with Crippen LogP contribution in [0.1, 0.15) is 30.9 Å². The van der Waals surface area contributed by atoms with E-state index in [9.17, 15) is 30.0 Å². The molecule has 8 heteroatoms. The van der Waals surface area contributed by atoms with Crippen LogP contribution in [0, 0.1) is 0 Å². The average molecular weight is 454 g/mol. The number of aliphatic hydroxyl groups excluding tert-OH is 1. The lowest BCUT2D eigenvalue weighted by atomic mass is 10.0. The third-order valence-corrected chi connectivity index (χ3v) is 4.56. The zero-order valence-electron chi connectivity index (χ0n) is 18.3. The minimum absolute atomic E-state index is 0.00991. The van der Waals surface area contributed by atoms with Crippen LogP contribution in [0.4, 0.5) is 0 Å². The topological polar surface area (TPSA) is 134 Å². The molecule has 2 aromatic carbocycles. The SMILES string of the molecule is CCOC(=O)CC/C(C(=O)/C=C/c1ccc(O)c(OC)c1)=C(O)\C=C\c1ccc(O)c(O)c1. The van der Waals surface area contributed by atoms with E-state index in [0.717, 1.165) is 0 Å². The first-order chi connectivity index (χ1) is 15.7. The lowest BCUT2D eigenvalue weighted by molar-refractivity contribution is -0.143. The van der Waals surface area contributed by atoms with Gasteiger partial charge in [-0.2, -0.15) is 0 Å². The number of methoxy groups -OCH3 is 1. The lowest BCUT2D eigenvalue weighted by Crippen LogP contribution is -2.08. The molecule has 0 aliphatic rings. The predicted octanol–water partition coefficient (Wildman–Crippen LogP) is 4.26. The van der Waals surface area contributed by atoms with Crippen molar-refractivity contribution >= 4 is 23.9 Å². The van der Waals surface area contributed by atoms with Gasteiger partial charge in [0.1, 0.15) is 5.76 Å². The maximum atomic E-state index is 12.8. The van der Waals surface area contributed by atoms with E-state index in [2.05, 4.69) is 0 Å². The number of carbonyl (C=O) groups excluding carboxylic acids is 2. The van der Waals surface area contributed by atoms with Crippen molar-refractivity contribution in [3.63, 3.8) is 0 Å². The van der Waals surface area contributed by atoms with E-state index in [0.29, 0.717) is 11.1 Å². The van der Waals surface area contributed by atoms with E-state index in [-0.39, 0.29) is 53.8 Å². The van der Waals surface area contributed by atoms with Gasteiger partial charge in [-0.15, -0.1) is 0 Å². The Morgan fingerprint density at radius 3 is 2.15 bits per heavy atom. The number of ether oxygens (including phenoxy) is 2. The molecule has 2 aromatic rings. The highest BCUT2D eigenvalue weighted by Crippen LogP contribution is 2.27. The maximum Gasteiger partial charge on any atom is 0.306 e. The Kier molecular flexibility index (Phi) is 9.11. The average Bonchev–Trinajstić information content (AvgIpc) is 2.79. The first-order valence-electron chi connectivity index (χ1n) is 10.1. The van der Waals surface area contributed by atoms with Crippen LogP contribution < -0.4 is 4.74 Å². The van der Waals surface area contributed by atoms with Gasteiger partial charge in [0, 0.05) is 12.0 Å². The van der Waals surface area contributed by atoms with E-state index in [1.165, 1.54) is 61.7 Å². The molecule has 0 heterocycles. The van der Waals surface area contributed by atoms with Crippen molar-refractivity contribution in [3.8, 4) is 23.0 Å². The molecular weight excluding hydrogens is 428 g/mol. The van der Waals surface area contributed by atoms with Crippen molar-refractivity contribution in [1.29, 1.82) is 0 Å². The van der Waals surface area contributed by atoms with Crippen molar-refractivity contribution in [2.24, 2.45) is 0 Å². The lowest BCUT2D eigenvalue weighted by Gasteiger charge is -2.07. The van der Waals surface area contributed by atoms with Crippen molar-refractivity contribution in [1.82, 2.24) is 0 Å². The van der Waals surface area contributed by atoms with Crippen molar-refractivity contribution in [2.45, 2.75) is 19.8 Å². The molecular formula is C25H26O8. The zero-order chi connectivity index (χ0) is 24.4. The second-order valence-corrected chi connectivity index (χ2v) is 6.88. The normalized spacial score (nSPS) is 12.1. The van der Waals surface area contributed by atoms with Gasteiger partial charge in [0.05, 0.1) is 13.7 Å². The van der Waals surface area contributed by atoms with E-state index >= 15 is 0 Å². The first kappa shape index (κ1) is 25.1. The maximum absolute atomic E-state index is 12.8. The van der Waals surface area contributed by atoms with Crippen LogP contribution in [0.3, 0.4) is 0 Å². The van der Waals surface area contributed by atoms with Crippen molar-refractivity contribution < 1.29 is 39.5 Å². The largest absolute Gasteiger partial charge is 0.508 e. The molecule has 0 aromatic heterocycles. The van der Waals surface area contributed by atoms with E-state index < -0.39 is 11.8 Å². The molecule has 0 spiro atoms. The number of allylic oxidation sites excluding steroid dienone is 3. The predicted molar refractivity (Wildman–Crippen MR) is 123 cm³/mol. The fraction of sp³-hybridized carbons (Fsp3) is 0.200. The number of rotatable bonds is 10. The molecule has 33 heavy (non-hydrogen) atoms. The van der Waals surface area contributed by atoms with Gasteiger partial charge in [0.15, 0.2) is 28.8 Å². The molecule has 0 unspecified atom stereocenters. The molecule has 0 bridgehead atoms. The molecule has 174 valence electrons. The Bertz CT molecular complexity index is 1100. The van der Waals surface area contributed by atoms with E-state index in [4.69, 9.17) is 9.47 Å². The highest BCUT2D eigenvalue weighted by atomic mass is 16.5. The minimum atomic E-state index is -0.526. The van der Waals surface area contributed by atoms with E-state index in [1.807, 2.05) is 0 Å². The fourth-order valence-corrected chi connectivity index (χ4v) is 2.83. The van der Waals surface area contributed by atoms with Gasteiger partial charge < -0.3 is 29.9 Å². The molecule has 0 amide bonds. The van der Waals surface area contributed by atoms with Crippen molar-refractivity contribution in [3.05, 3.63) is 71.0 Å². The standard InChI is InChI=1S/C25H26O8/c1-3-33-25(31)13-8-18(19(26)9-4-16-6-11-21(28)23(30)14-16)20(27)10-5-17-7-12-22(29)24(15-17)32-2/h4-7,9-12,14-15,26,28-30H,3,8,13H2,1-2H3/b9-4+,10-5+,19-18-. The number of hydrogen-bond donors (Lipinski definition) is 4. The summed E-state index contributed by atoms with van der Waals surface area (Å²) in [6.45, 7) is 1.87. The Hall–Kier alpha value is -4.20. The van der Waals surface area contributed by atoms with Gasteiger partial charge in [0.2, 0.25) is 0 Å². The minimum Gasteiger partial charge on any atom is -0.508 e. The van der Waals surface area contributed by atoms with Gasteiger partial charge >= 0.3 is 5.97 Å². The van der Waals surface area contributed by atoms with Crippen LogP contribution in [0.2, 0.25) is 0 Å². The molecule has 4 N–H and O–H groups in total. The number of phenols is 3. The van der Waals surface area contributed by atoms with Crippen LogP contribution >= 0.6 is 0 Å². The third kappa shape index (κ3) is 7.46. The smallest absolute Gasteiger partial charge is 0.306 e. The molecule has 0 aliphatic carbocycles. The summed E-state index contributed by atoms with van der Waals surface area (Å²) in [7, 11) is 1.40. The molecule has 0 saturated carbocycles. The number of benzene rings is 2. The highest BCUT2D eigenvalue weighted by molar-refractivity contribution is 6.07. The summed E-state index contributed by atoms with van der Waals surface area (Å²) in [4.78, 5) is 24.6. The van der Waals surface area contributed by atoms with Gasteiger partial charge in [0.25, 0.3) is 0 Å². The Balaban J connectivity index is 2.30. The van der Waals surface area contributed by atoms with Crippen LogP contribution in [0.25, 0.3) is 12.2 Å². The summed E-state index contributed by atoms with van der Waals surface area (Å²) in [6.07, 6.45) is 5.28. The summed E-state index contributed by atoms with van der Waals surface area (Å²) in [5.74, 6) is -1.80. The fourth-order valence-electron chi connectivity index (χ4n) is 2.83. The number of ketones is 1.